The zero-order chi connectivity index (χ0) is 10.5. The maximum absolute atomic E-state index is 11.2. The topological polar surface area (TPSA) is 96.0 Å². The molecule has 0 saturated heterocycles. The van der Waals surface area contributed by atoms with Gasteiger partial charge < -0.3 is 11.1 Å². The highest BCUT2D eigenvalue weighted by Crippen LogP contribution is 2.12. The molecule has 5 heteroatoms. The summed E-state index contributed by atoms with van der Waals surface area (Å²) in [5.74, 6) is -0.869. The largest absolute Gasteiger partial charge is 0.370 e. The second-order valence-corrected chi connectivity index (χ2v) is 3.21. The molecule has 0 aliphatic carbocycles. The lowest BCUT2D eigenvalue weighted by atomic mass is 9.95. The molecule has 0 aliphatic rings. The van der Waals surface area contributed by atoms with Gasteiger partial charge in [0.1, 0.15) is 5.41 Å². The SMILES string of the molecule is CC(C)(C#N)C(=O)NCCC(N)=O. The third-order valence-corrected chi connectivity index (χ3v) is 1.50. The summed E-state index contributed by atoms with van der Waals surface area (Å²) in [4.78, 5) is 21.5. The Hall–Kier alpha value is -1.57. The van der Waals surface area contributed by atoms with Gasteiger partial charge in [-0.2, -0.15) is 5.26 Å². The van der Waals surface area contributed by atoms with Crippen molar-refractivity contribution in [1.82, 2.24) is 5.32 Å². The summed E-state index contributed by atoms with van der Waals surface area (Å²) in [5, 5.41) is 11.0. The lowest BCUT2D eigenvalue weighted by Gasteiger charge is -2.14. The van der Waals surface area contributed by atoms with Crippen molar-refractivity contribution in [2.24, 2.45) is 11.1 Å². The van der Waals surface area contributed by atoms with Crippen LogP contribution in [-0.4, -0.2) is 18.4 Å². The predicted octanol–water partition coefficient (Wildman–Crippen LogP) is -0.472. The minimum atomic E-state index is -1.06. The minimum absolute atomic E-state index is 0.0905. The average molecular weight is 183 g/mol. The summed E-state index contributed by atoms with van der Waals surface area (Å²) in [5.41, 5.74) is 3.81. The van der Waals surface area contributed by atoms with Crippen LogP contribution in [0.3, 0.4) is 0 Å². The van der Waals surface area contributed by atoms with Crippen molar-refractivity contribution < 1.29 is 9.59 Å². The number of nitrogens with one attached hydrogen (secondary N) is 1. The monoisotopic (exact) mass is 183 g/mol. The Kier molecular flexibility index (Phi) is 3.92. The normalized spacial score (nSPS) is 10.2. The van der Waals surface area contributed by atoms with Gasteiger partial charge in [-0.15, -0.1) is 0 Å². The molecule has 0 aliphatic heterocycles. The van der Waals surface area contributed by atoms with E-state index in [1.807, 2.05) is 6.07 Å². The van der Waals surface area contributed by atoms with E-state index in [9.17, 15) is 9.59 Å². The molecular weight excluding hydrogens is 170 g/mol. The number of carbonyl (C=O) groups is 2. The third kappa shape index (κ3) is 4.11. The fourth-order valence-electron chi connectivity index (χ4n) is 0.571. The molecule has 0 aromatic carbocycles. The molecule has 0 aromatic rings. The van der Waals surface area contributed by atoms with Crippen molar-refractivity contribution >= 4 is 11.8 Å². The zero-order valence-electron chi connectivity index (χ0n) is 7.76. The first-order valence-corrected chi connectivity index (χ1v) is 3.88. The smallest absolute Gasteiger partial charge is 0.239 e. The van der Waals surface area contributed by atoms with Crippen LogP contribution >= 0.6 is 0 Å². The number of rotatable bonds is 4. The van der Waals surface area contributed by atoms with Gasteiger partial charge in [0.05, 0.1) is 6.07 Å². The van der Waals surface area contributed by atoms with Gasteiger partial charge in [0.15, 0.2) is 0 Å². The van der Waals surface area contributed by atoms with Crippen molar-refractivity contribution in [1.29, 1.82) is 5.26 Å². The molecule has 0 spiro atoms. The molecule has 0 rings (SSSR count). The van der Waals surface area contributed by atoms with E-state index in [2.05, 4.69) is 5.32 Å². The van der Waals surface area contributed by atoms with Crippen molar-refractivity contribution in [2.45, 2.75) is 20.3 Å². The van der Waals surface area contributed by atoms with E-state index in [-0.39, 0.29) is 13.0 Å². The minimum Gasteiger partial charge on any atom is -0.370 e. The summed E-state index contributed by atoms with van der Waals surface area (Å²) in [6.07, 6.45) is 0.0905. The molecular formula is C8H13N3O2. The van der Waals surface area contributed by atoms with Crippen molar-refractivity contribution in [3.05, 3.63) is 0 Å². The van der Waals surface area contributed by atoms with Crippen LogP contribution in [0.1, 0.15) is 20.3 Å². The third-order valence-electron chi connectivity index (χ3n) is 1.50. The molecule has 5 nitrogen and oxygen atoms in total. The summed E-state index contributed by atoms with van der Waals surface area (Å²) >= 11 is 0. The number of amides is 2. The van der Waals surface area contributed by atoms with E-state index in [1.165, 1.54) is 13.8 Å². The highest BCUT2D eigenvalue weighted by Gasteiger charge is 2.26. The number of primary amides is 1. The van der Waals surface area contributed by atoms with Crippen LogP contribution < -0.4 is 11.1 Å². The first kappa shape index (κ1) is 11.4. The molecule has 0 bridgehead atoms. The maximum atomic E-state index is 11.2. The van der Waals surface area contributed by atoms with E-state index in [1.54, 1.807) is 0 Å². The fraction of sp³-hybridized carbons (Fsp3) is 0.625. The van der Waals surface area contributed by atoms with E-state index in [0.717, 1.165) is 0 Å². The number of carbonyl (C=O) groups excluding carboxylic acids is 2. The molecule has 13 heavy (non-hydrogen) atoms. The van der Waals surface area contributed by atoms with Crippen molar-refractivity contribution in [3.63, 3.8) is 0 Å². The average Bonchev–Trinajstić information content (AvgIpc) is 2.03. The summed E-state index contributed by atoms with van der Waals surface area (Å²) in [6, 6.07) is 1.85. The van der Waals surface area contributed by atoms with Crippen LogP contribution in [0, 0.1) is 16.7 Å². The van der Waals surface area contributed by atoms with Crippen LogP contribution in [0.15, 0.2) is 0 Å². The van der Waals surface area contributed by atoms with Gasteiger partial charge in [0.2, 0.25) is 11.8 Å². The van der Waals surface area contributed by atoms with Crippen LogP contribution in [0.5, 0.6) is 0 Å². The second kappa shape index (κ2) is 4.45. The zero-order valence-corrected chi connectivity index (χ0v) is 7.76. The van der Waals surface area contributed by atoms with Crippen LogP contribution in [-0.2, 0) is 9.59 Å². The Morgan fingerprint density at radius 1 is 1.54 bits per heavy atom. The Morgan fingerprint density at radius 2 is 2.08 bits per heavy atom. The quantitative estimate of drug-likeness (QED) is 0.616. The van der Waals surface area contributed by atoms with Gasteiger partial charge in [-0.25, -0.2) is 0 Å². The van der Waals surface area contributed by atoms with Gasteiger partial charge in [-0.05, 0) is 13.8 Å². The van der Waals surface area contributed by atoms with Crippen LogP contribution in [0.2, 0.25) is 0 Å². The Bertz CT molecular complexity index is 253. The number of hydrogen-bond donors (Lipinski definition) is 2. The Labute approximate surface area is 76.9 Å². The summed E-state index contributed by atoms with van der Waals surface area (Å²) in [6.45, 7) is 3.19. The molecule has 2 amide bonds. The molecule has 0 unspecified atom stereocenters. The highest BCUT2D eigenvalue weighted by atomic mass is 16.2. The lowest BCUT2D eigenvalue weighted by molar-refractivity contribution is -0.126. The maximum Gasteiger partial charge on any atom is 0.239 e. The molecule has 0 radical (unpaired) electrons. The highest BCUT2D eigenvalue weighted by molar-refractivity contribution is 5.85. The van der Waals surface area contributed by atoms with E-state index >= 15 is 0 Å². The van der Waals surface area contributed by atoms with E-state index in [4.69, 9.17) is 11.0 Å². The van der Waals surface area contributed by atoms with Crippen LogP contribution in [0.4, 0.5) is 0 Å². The van der Waals surface area contributed by atoms with Gasteiger partial charge in [-0.3, -0.25) is 9.59 Å². The van der Waals surface area contributed by atoms with Gasteiger partial charge in [0, 0.05) is 13.0 Å². The van der Waals surface area contributed by atoms with Crippen molar-refractivity contribution in [3.8, 4) is 6.07 Å². The Balaban J connectivity index is 3.90. The Morgan fingerprint density at radius 3 is 2.46 bits per heavy atom. The number of hydrogen-bond acceptors (Lipinski definition) is 3. The lowest BCUT2D eigenvalue weighted by Crippen LogP contribution is -2.37. The first-order chi connectivity index (χ1) is 5.90. The van der Waals surface area contributed by atoms with Gasteiger partial charge in [-0.1, -0.05) is 0 Å². The van der Waals surface area contributed by atoms with Gasteiger partial charge >= 0.3 is 0 Å². The van der Waals surface area contributed by atoms with Crippen LogP contribution in [0.25, 0.3) is 0 Å². The van der Waals surface area contributed by atoms with Gasteiger partial charge in [0.25, 0.3) is 0 Å². The summed E-state index contributed by atoms with van der Waals surface area (Å²) < 4.78 is 0. The first-order valence-electron chi connectivity index (χ1n) is 3.88. The number of nitrogens with zero attached hydrogens (tertiary/aromatic N) is 1. The van der Waals surface area contributed by atoms with E-state index in [0.29, 0.717) is 0 Å². The molecule has 0 atom stereocenters. The predicted molar refractivity (Wildman–Crippen MR) is 46.2 cm³/mol. The molecule has 0 heterocycles. The second-order valence-electron chi connectivity index (χ2n) is 3.21. The number of nitrogens with two attached hydrogens (primary N) is 1. The molecule has 0 aromatic heterocycles. The number of nitriles is 1. The molecule has 0 saturated carbocycles. The van der Waals surface area contributed by atoms with Crippen molar-refractivity contribution in [2.75, 3.05) is 6.54 Å². The standard InChI is InChI=1S/C8H13N3O2/c1-8(2,5-9)7(13)11-4-3-6(10)12/h3-4H2,1-2H3,(H2,10,12)(H,11,13). The van der Waals surface area contributed by atoms with E-state index < -0.39 is 17.2 Å². The molecule has 3 N–H and O–H groups in total. The molecule has 72 valence electrons. The fourth-order valence-corrected chi connectivity index (χ4v) is 0.571. The summed E-state index contributed by atoms with van der Waals surface area (Å²) in [7, 11) is 0. The molecule has 0 fully saturated rings.